The van der Waals surface area contributed by atoms with Crippen molar-refractivity contribution in [1.82, 2.24) is 0 Å². The summed E-state index contributed by atoms with van der Waals surface area (Å²) in [4.78, 5) is 12.5. The van der Waals surface area contributed by atoms with Gasteiger partial charge in [0, 0.05) is 18.9 Å². The lowest BCUT2D eigenvalue weighted by Crippen LogP contribution is -2.65. The number of rotatable bonds is 1. The van der Waals surface area contributed by atoms with E-state index in [-0.39, 0.29) is 16.7 Å². The molecule has 4 aliphatic carbocycles. The number of aliphatic hydroxyl groups excluding tert-OH is 1. The fourth-order valence-electron chi connectivity index (χ4n) is 7.60. The van der Waals surface area contributed by atoms with Gasteiger partial charge >= 0.3 is 0 Å². The maximum Gasteiger partial charge on any atom is 0.140 e. The lowest BCUT2D eigenvalue weighted by molar-refractivity contribution is -0.194. The highest BCUT2D eigenvalue weighted by atomic mass is 16.3. The summed E-state index contributed by atoms with van der Waals surface area (Å²) in [7, 11) is 0. The van der Waals surface area contributed by atoms with E-state index in [1.165, 1.54) is 37.7 Å². The molecular weight excluding hydrogens is 272 g/mol. The van der Waals surface area contributed by atoms with Crippen molar-refractivity contribution in [3.05, 3.63) is 12.2 Å². The van der Waals surface area contributed by atoms with E-state index in [0.717, 1.165) is 19.3 Å². The van der Waals surface area contributed by atoms with E-state index in [1.54, 1.807) is 0 Å². The van der Waals surface area contributed by atoms with Crippen molar-refractivity contribution in [2.24, 2.45) is 34.0 Å². The highest BCUT2D eigenvalue weighted by Gasteiger charge is 2.68. The zero-order valence-corrected chi connectivity index (χ0v) is 14.2. The van der Waals surface area contributed by atoms with Crippen LogP contribution in [0.15, 0.2) is 12.2 Å². The molecule has 1 spiro atoms. The van der Waals surface area contributed by atoms with Crippen LogP contribution in [0.25, 0.3) is 0 Å². The number of carbonyl (C=O) groups excluding carboxylic acids is 1. The average Bonchev–Trinajstić information content (AvgIpc) is 2.45. The van der Waals surface area contributed by atoms with Crippen molar-refractivity contribution in [3.63, 3.8) is 0 Å². The third-order valence-corrected chi connectivity index (χ3v) is 8.39. The molecule has 6 unspecified atom stereocenters. The molecule has 0 heterocycles. The van der Waals surface area contributed by atoms with Crippen molar-refractivity contribution in [1.29, 1.82) is 0 Å². The Bertz CT molecular complexity index is 538. The molecule has 0 amide bonds. The Morgan fingerprint density at radius 3 is 2.64 bits per heavy atom. The molecule has 122 valence electrons. The predicted molar refractivity (Wildman–Crippen MR) is 87.3 cm³/mol. The molecule has 0 aromatic carbocycles. The molecule has 2 nitrogen and oxygen atoms in total. The first-order valence-corrected chi connectivity index (χ1v) is 9.19. The molecule has 4 rings (SSSR count). The molecule has 4 fully saturated rings. The number of hydrogen-bond acceptors (Lipinski definition) is 2. The minimum Gasteiger partial charge on any atom is -0.396 e. The van der Waals surface area contributed by atoms with Crippen molar-refractivity contribution in [3.8, 4) is 0 Å². The van der Waals surface area contributed by atoms with Crippen molar-refractivity contribution in [2.75, 3.05) is 6.61 Å². The van der Waals surface area contributed by atoms with Gasteiger partial charge in [-0.25, -0.2) is 0 Å². The van der Waals surface area contributed by atoms with Crippen LogP contribution >= 0.6 is 0 Å². The maximum absolute atomic E-state index is 12.5. The second kappa shape index (κ2) is 4.47. The topological polar surface area (TPSA) is 37.3 Å². The van der Waals surface area contributed by atoms with Crippen LogP contribution < -0.4 is 0 Å². The van der Waals surface area contributed by atoms with Gasteiger partial charge in [0.15, 0.2) is 0 Å². The van der Waals surface area contributed by atoms with Crippen LogP contribution in [0.3, 0.4) is 0 Å². The van der Waals surface area contributed by atoms with Gasteiger partial charge in [0.1, 0.15) is 5.78 Å². The quantitative estimate of drug-likeness (QED) is 0.740. The predicted octanol–water partition coefficient (Wildman–Crippen LogP) is 4.13. The first kappa shape index (κ1) is 14.9. The molecule has 0 radical (unpaired) electrons. The maximum atomic E-state index is 12.5. The van der Waals surface area contributed by atoms with Crippen molar-refractivity contribution < 1.29 is 9.90 Å². The summed E-state index contributed by atoms with van der Waals surface area (Å²) in [6, 6.07) is 0. The zero-order valence-electron chi connectivity index (χ0n) is 14.2. The second-order valence-electron chi connectivity index (χ2n) is 9.32. The Balaban J connectivity index is 1.75. The highest BCUT2D eigenvalue weighted by molar-refractivity contribution is 5.87. The molecule has 2 heteroatoms. The van der Waals surface area contributed by atoms with Gasteiger partial charge in [-0.2, -0.15) is 0 Å². The summed E-state index contributed by atoms with van der Waals surface area (Å²) in [6.45, 7) is 9.31. The first-order valence-electron chi connectivity index (χ1n) is 9.19. The lowest BCUT2D eigenvalue weighted by atomic mass is 9.34. The van der Waals surface area contributed by atoms with Crippen LogP contribution in [0.1, 0.15) is 65.2 Å². The van der Waals surface area contributed by atoms with Gasteiger partial charge in [0.25, 0.3) is 0 Å². The summed E-state index contributed by atoms with van der Waals surface area (Å²) in [5.74, 6) is 1.93. The number of fused-ring (bicyclic) bond motifs is 2. The number of ketones is 1. The van der Waals surface area contributed by atoms with Crippen LogP contribution in [-0.4, -0.2) is 17.5 Å². The Morgan fingerprint density at radius 1 is 1.18 bits per heavy atom. The van der Waals surface area contributed by atoms with Gasteiger partial charge in [-0.1, -0.05) is 32.4 Å². The van der Waals surface area contributed by atoms with Crippen molar-refractivity contribution in [2.45, 2.75) is 65.2 Å². The Morgan fingerprint density at radius 2 is 1.95 bits per heavy atom. The van der Waals surface area contributed by atoms with E-state index >= 15 is 0 Å². The molecule has 0 saturated heterocycles. The lowest BCUT2D eigenvalue weighted by Gasteiger charge is -2.70. The van der Waals surface area contributed by atoms with Gasteiger partial charge in [-0.15, -0.1) is 0 Å². The Labute approximate surface area is 134 Å². The van der Waals surface area contributed by atoms with Crippen LogP contribution in [0.4, 0.5) is 0 Å². The third kappa shape index (κ3) is 1.58. The van der Waals surface area contributed by atoms with Crippen LogP contribution in [0.2, 0.25) is 0 Å². The van der Waals surface area contributed by atoms with Crippen LogP contribution in [0.5, 0.6) is 0 Å². The number of aliphatic hydroxyl groups is 1. The monoisotopic (exact) mass is 302 g/mol. The fourth-order valence-corrected chi connectivity index (χ4v) is 7.60. The van der Waals surface area contributed by atoms with Gasteiger partial charge in [0.05, 0.1) is 0 Å². The molecule has 1 N–H and O–H groups in total. The second-order valence-corrected chi connectivity index (χ2v) is 9.32. The summed E-state index contributed by atoms with van der Waals surface area (Å²) in [5.41, 5.74) is 1.85. The molecular formula is C20H30O2. The van der Waals surface area contributed by atoms with Gasteiger partial charge in [-0.05, 0) is 66.6 Å². The Kier molecular flexibility index (Phi) is 3.03. The van der Waals surface area contributed by atoms with E-state index < -0.39 is 0 Å². The summed E-state index contributed by atoms with van der Waals surface area (Å²) < 4.78 is 0. The average molecular weight is 302 g/mol. The highest BCUT2D eigenvalue weighted by Crippen LogP contribution is 2.73. The van der Waals surface area contributed by atoms with Gasteiger partial charge < -0.3 is 5.11 Å². The molecule has 0 bridgehead atoms. The number of Topliss-reactive ketones (excluding diaryl/α,β-unsaturated/α-hetero) is 1. The summed E-state index contributed by atoms with van der Waals surface area (Å²) in [5, 5.41) is 10.0. The molecule has 0 aliphatic heterocycles. The standard InChI is InChI=1S/C20H30O2/c1-13-11-20-10-7-15-18(2,12-21)8-4-9-19(15,3)16(20)6-5-14(22)17(13)20/h15-17,21H,1,4-12H2,2-3H3. The van der Waals surface area contributed by atoms with Gasteiger partial charge in [0.2, 0.25) is 0 Å². The normalized spacial score (nSPS) is 54.0. The van der Waals surface area contributed by atoms with Gasteiger partial charge in [-0.3, -0.25) is 4.79 Å². The van der Waals surface area contributed by atoms with E-state index in [9.17, 15) is 9.90 Å². The van der Waals surface area contributed by atoms with E-state index in [0.29, 0.717) is 29.6 Å². The smallest absolute Gasteiger partial charge is 0.140 e. The van der Waals surface area contributed by atoms with Crippen LogP contribution in [0, 0.1) is 34.0 Å². The molecule has 0 aromatic rings. The Hall–Kier alpha value is -0.630. The number of hydrogen-bond donors (Lipinski definition) is 1. The molecule has 4 saturated carbocycles. The van der Waals surface area contributed by atoms with Crippen LogP contribution in [-0.2, 0) is 4.79 Å². The minimum absolute atomic E-state index is 0.0896. The third-order valence-electron chi connectivity index (χ3n) is 8.39. The van der Waals surface area contributed by atoms with E-state index in [4.69, 9.17) is 0 Å². The molecule has 4 aliphatic rings. The SMILES string of the molecule is C=C1CC23CCC4C(C)(CO)CCCC4(C)C2CCC(=O)C13. The van der Waals surface area contributed by atoms with Crippen molar-refractivity contribution >= 4 is 5.78 Å². The minimum atomic E-state index is 0.0896. The number of allylic oxidation sites excluding steroid dienone is 1. The summed E-state index contributed by atoms with van der Waals surface area (Å²) >= 11 is 0. The molecule has 22 heavy (non-hydrogen) atoms. The fraction of sp³-hybridized carbons (Fsp3) is 0.850. The zero-order chi connectivity index (χ0) is 15.8. The largest absolute Gasteiger partial charge is 0.396 e. The molecule has 6 atom stereocenters. The van der Waals surface area contributed by atoms with E-state index in [1.807, 2.05) is 0 Å². The van der Waals surface area contributed by atoms with E-state index in [2.05, 4.69) is 20.4 Å². The number of carbonyl (C=O) groups is 1. The summed E-state index contributed by atoms with van der Waals surface area (Å²) in [6.07, 6.45) is 8.99. The first-order chi connectivity index (χ1) is 10.4. The molecule has 0 aromatic heterocycles.